The van der Waals surface area contributed by atoms with E-state index in [0.29, 0.717) is 12.4 Å². The molecule has 1 N–H and O–H groups in total. The maximum atomic E-state index is 12.2. The van der Waals surface area contributed by atoms with E-state index in [1.165, 1.54) is 0 Å². The molecule has 0 unspecified atom stereocenters. The fourth-order valence-corrected chi connectivity index (χ4v) is 2.84. The first-order valence-corrected chi connectivity index (χ1v) is 9.92. The predicted octanol–water partition coefficient (Wildman–Crippen LogP) is 4.95. The van der Waals surface area contributed by atoms with Crippen molar-refractivity contribution in [2.24, 2.45) is 5.10 Å². The van der Waals surface area contributed by atoms with Gasteiger partial charge in [0.25, 0.3) is 5.91 Å². The van der Waals surface area contributed by atoms with Gasteiger partial charge in [-0.05, 0) is 42.8 Å². The zero-order valence-electron chi connectivity index (χ0n) is 15.9. The Morgan fingerprint density at radius 3 is 2.38 bits per heavy atom. The van der Waals surface area contributed by atoms with Gasteiger partial charge in [-0.25, -0.2) is 5.43 Å². The molecule has 0 spiro atoms. The van der Waals surface area contributed by atoms with Gasteiger partial charge in [-0.3, -0.25) is 4.79 Å². The highest BCUT2D eigenvalue weighted by atomic mass is 79.9. The van der Waals surface area contributed by atoms with E-state index < -0.39 is 6.10 Å². The number of carbonyl (C=O) groups excluding carboxylic acids is 1. The minimum Gasteiger partial charge on any atom is -0.489 e. The summed E-state index contributed by atoms with van der Waals surface area (Å²) in [6.07, 6.45) is 0.885. The van der Waals surface area contributed by atoms with Gasteiger partial charge in [-0.2, -0.15) is 5.10 Å². The lowest BCUT2D eigenvalue weighted by atomic mass is 10.2. The number of halogens is 1. The zero-order chi connectivity index (χ0) is 20.5. The van der Waals surface area contributed by atoms with E-state index in [0.717, 1.165) is 21.3 Å². The zero-order valence-corrected chi connectivity index (χ0v) is 17.5. The summed E-state index contributed by atoms with van der Waals surface area (Å²) in [4.78, 5) is 12.2. The Labute approximate surface area is 178 Å². The molecule has 0 aliphatic rings. The van der Waals surface area contributed by atoms with Crippen LogP contribution in [0.15, 0.2) is 88.4 Å². The molecular weight excluding hydrogens is 432 g/mol. The van der Waals surface area contributed by atoms with E-state index in [-0.39, 0.29) is 5.91 Å². The molecule has 0 aromatic heterocycles. The Morgan fingerprint density at radius 2 is 1.66 bits per heavy atom. The SMILES string of the molecule is C[C@H](Oc1ccc(OCc2ccccc2)cc1)C(=O)N/N=C\c1ccccc1Br. The van der Waals surface area contributed by atoms with Crippen molar-refractivity contribution >= 4 is 28.1 Å². The number of amides is 1. The summed E-state index contributed by atoms with van der Waals surface area (Å²) >= 11 is 3.43. The van der Waals surface area contributed by atoms with Crippen molar-refractivity contribution in [2.45, 2.75) is 19.6 Å². The molecule has 3 rings (SSSR count). The van der Waals surface area contributed by atoms with E-state index in [1.807, 2.05) is 66.7 Å². The van der Waals surface area contributed by atoms with Crippen molar-refractivity contribution in [3.63, 3.8) is 0 Å². The van der Waals surface area contributed by atoms with Crippen LogP contribution < -0.4 is 14.9 Å². The van der Waals surface area contributed by atoms with Crippen molar-refractivity contribution in [1.29, 1.82) is 0 Å². The van der Waals surface area contributed by atoms with Gasteiger partial charge in [-0.1, -0.05) is 64.5 Å². The molecule has 0 radical (unpaired) electrons. The normalized spacial score (nSPS) is 11.8. The number of nitrogens with zero attached hydrogens (tertiary/aromatic N) is 1. The van der Waals surface area contributed by atoms with Gasteiger partial charge in [0.15, 0.2) is 6.10 Å². The van der Waals surface area contributed by atoms with Crippen LogP contribution in [0.5, 0.6) is 11.5 Å². The molecule has 1 atom stereocenters. The molecule has 0 heterocycles. The van der Waals surface area contributed by atoms with Crippen LogP contribution in [0, 0.1) is 0 Å². The van der Waals surface area contributed by atoms with Crippen molar-refractivity contribution in [3.8, 4) is 11.5 Å². The van der Waals surface area contributed by atoms with Crippen LogP contribution in [0.25, 0.3) is 0 Å². The Kier molecular flexibility index (Phi) is 7.41. The topological polar surface area (TPSA) is 59.9 Å². The quantitative estimate of drug-likeness (QED) is 0.388. The molecule has 0 aliphatic heterocycles. The van der Waals surface area contributed by atoms with E-state index in [1.54, 1.807) is 25.3 Å². The second-order valence-corrected chi connectivity index (χ2v) is 7.12. The fraction of sp³-hybridized carbons (Fsp3) is 0.130. The third-order valence-electron chi connectivity index (χ3n) is 4.04. The lowest BCUT2D eigenvalue weighted by molar-refractivity contribution is -0.127. The summed E-state index contributed by atoms with van der Waals surface area (Å²) in [5, 5.41) is 3.98. The van der Waals surface area contributed by atoms with Crippen LogP contribution in [0.2, 0.25) is 0 Å². The highest BCUT2D eigenvalue weighted by molar-refractivity contribution is 9.10. The number of ether oxygens (including phenoxy) is 2. The van der Waals surface area contributed by atoms with E-state index in [4.69, 9.17) is 9.47 Å². The molecule has 0 aliphatic carbocycles. The molecule has 3 aromatic carbocycles. The monoisotopic (exact) mass is 452 g/mol. The second kappa shape index (κ2) is 10.4. The molecule has 1 amide bonds. The predicted molar refractivity (Wildman–Crippen MR) is 117 cm³/mol. The number of hydrazone groups is 1. The number of hydrogen-bond donors (Lipinski definition) is 1. The lowest BCUT2D eigenvalue weighted by Gasteiger charge is -2.13. The molecule has 3 aromatic rings. The molecule has 0 saturated carbocycles. The summed E-state index contributed by atoms with van der Waals surface area (Å²) < 4.78 is 12.3. The number of nitrogens with one attached hydrogen (secondary N) is 1. The van der Waals surface area contributed by atoms with Gasteiger partial charge in [0.05, 0.1) is 6.21 Å². The average molecular weight is 453 g/mol. The van der Waals surface area contributed by atoms with Crippen molar-refractivity contribution in [3.05, 3.63) is 94.5 Å². The van der Waals surface area contributed by atoms with Crippen molar-refractivity contribution in [1.82, 2.24) is 5.43 Å². The van der Waals surface area contributed by atoms with E-state index in [2.05, 4.69) is 26.5 Å². The maximum Gasteiger partial charge on any atom is 0.280 e. The van der Waals surface area contributed by atoms with Gasteiger partial charge in [-0.15, -0.1) is 0 Å². The van der Waals surface area contributed by atoms with Gasteiger partial charge in [0, 0.05) is 10.0 Å². The Morgan fingerprint density at radius 1 is 1.00 bits per heavy atom. The summed E-state index contributed by atoms with van der Waals surface area (Å²) in [6.45, 7) is 2.17. The summed E-state index contributed by atoms with van der Waals surface area (Å²) in [5.41, 5.74) is 4.45. The van der Waals surface area contributed by atoms with Crippen LogP contribution in [0.4, 0.5) is 0 Å². The van der Waals surface area contributed by atoms with Crippen molar-refractivity contribution in [2.75, 3.05) is 0 Å². The molecule has 148 valence electrons. The van der Waals surface area contributed by atoms with E-state index in [9.17, 15) is 4.79 Å². The van der Waals surface area contributed by atoms with Gasteiger partial charge >= 0.3 is 0 Å². The standard InChI is InChI=1S/C23H21BrN2O3/c1-17(23(27)26-25-15-19-9-5-6-10-22(19)24)29-21-13-11-20(12-14-21)28-16-18-7-3-2-4-8-18/h2-15,17H,16H2,1H3,(H,26,27)/b25-15-/t17-/m0/s1. The first-order valence-electron chi connectivity index (χ1n) is 9.13. The molecule has 29 heavy (non-hydrogen) atoms. The number of hydrogen-bond acceptors (Lipinski definition) is 4. The van der Waals surface area contributed by atoms with Gasteiger partial charge < -0.3 is 9.47 Å². The Bertz CT molecular complexity index is 959. The van der Waals surface area contributed by atoms with Crippen LogP contribution in [0.3, 0.4) is 0 Å². The fourth-order valence-electron chi connectivity index (χ4n) is 2.45. The number of carbonyl (C=O) groups is 1. The van der Waals surface area contributed by atoms with Crippen LogP contribution in [-0.2, 0) is 11.4 Å². The van der Waals surface area contributed by atoms with Crippen LogP contribution >= 0.6 is 15.9 Å². The highest BCUT2D eigenvalue weighted by Gasteiger charge is 2.14. The smallest absolute Gasteiger partial charge is 0.280 e. The summed E-state index contributed by atoms with van der Waals surface area (Å²) in [6, 6.07) is 24.7. The highest BCUT2D eigenvalue weighted by Crippen LogP contribution is 2.20. The second-order valence-electron chi connectivity index (χ2n) is 6.26. The minimum atomic E-state index is -0.692. The van der Waals surface area contributed by atoms with Crippen molar-refractivity contribution < 1.29 is 14.3 Å². The molecule has 5 nitrogen and oxygen atoms in total. The largest absolute Gasteiger partial charge is 0.489 e. The Hall–Kier alpha value is -3.12. The molecule has 0 saturated heterocycles. The first-order chi connectivity index (χ1) is 14.1. The molecule has 0 fully saturated rings. The van der Waals surface area contributed by atoms with Crippen LogP contribution in [0.1, 0.15) is 18.1 Å². The molecule has 0 bridgehead atoms. The molecular formula is C23H21BrN2O3. The first kappa shape index (κ1) is 20.6. The lowest BCUT2D eigenvalue weighted by Crippen LogP contribution is -2.33. The third-order valence-corrected chi connectivity index (χ3v) is 4.76. The average Bonchev–Trinajstić information content (AvgIpc) is 2.75. The van der Waals surface area contributed by atoms with E-state index >= 15 is 0 Å². The van der Waals surface area contributed by atoms with Gasteiger partial charge in [0.2, 0.25) is 0 Å². The minimum absolute atomic E-state index is 0.335. The molecule has 6 heteroatoms. The Balaban J connectivity index is 1.47. The summed E-state index contributed by atoms with van der Waals surface area (Å²) in [7, 11) is 0. The van der Waals surface area contributed by atoms with Gasteiger partial charge in [0.1, 0.15) is 18.1 Å². The third kappa shape index (κ3) is 6.47. The summed E-state index contributed by atoms with van der Waals surface area (Å²) in [5.74, 6) is 0.976. The maximum absolute atomic E-state index is 12.2. The van der Waals surface area contributed by atoms with Crippen LogP contribution in [-0.4, -0.2) is 18.2 Å². The number of benzene rings is 3. The number of rotatable bonds is 8.